The molecule has 1 aliphatic heterocycles. The maximum absolute atomic E-state index is 13.5. The minimum Gasteiger partial charge on any atom is -0.507 e. The second-order valence-corrected chi connectivity index (χ2v) is 10.3. The summed E-state index contributed by atoms with van der Waals surface area (Å²) in [5.41, 5.74) is 2.18. The Morgan fingerprint density at radius 2 is 1.55 bits per heavy atom. The predicted octanol–water partition coefficient (Wildman–Crippen LogP) is 6.29. The summed E-state index contributed by atoms with van der Waals surface area (Å²) in [6.07, 6.45) is 0. The summed E-state index contributed by atoms with van der Waals surface area (Å²) >= 11 is 6.36. The van der Waals surface area contributed by atoms with Crippen LogP contribution in [-0.4, -0.2) is 38.1 Å². The number of ketones is 1. The maximum atomic E-state index is 13.5. The number of aliphatic hydroxyl groups is 1. The van der Waals surface area contributed by atoms with E-state index in [1.165, 1.54) is 38.4 Å². The highest BCUT2D eigenvalue weighted by molar-refractivity contribution is 6.51. The number of hydrogen-bond donors (Lipinski definition) is 1. The van der Waals surface area contributed by atoms with Gasteiger partial charge in [-0.2, -0.15) is 0 Å². The van der Waals surface area contributed by atoms with Crippen molar-refractivity contribution in [3.8, 4) is 17.2 Å². The lowest BCUT2D eigenvalue weighted by Gasteiger charge is -2.27. The Balaban J connectivity index is 1.98. The molecular weight excluding hydrogens is 506 g/mol. The van der Waals surface area contributed by atoms with Crippen molar-refractivity contribution in [1.29, 1.82) is 0 Å². The molecule has 1 heterocycles. The molecule has 1 saturated heterocycles. The maximum Gasteiger partial charge on any atom is 0.300 e. The van der Waals surface area contributed by atoms with Crippen molar-refractivity contribution in [2.75, 3.05) is 26.2 Å². The number of carbonyl (C=O) groups is 2. The minimum atomic E-state index is -0.915. The Morgan fingerprint density at radius 1 is 0.895 bits per heavy atom. The number of nitrogens with zero attached hydrogens (tertiary/aromatic N) is 1. The number of halogens is 1. The van der Waals surface area contributed by atoms with Gasteiger partial charge in [0.2, 0.25) is 0 Å². The molecule has 1 amide bonds. The Labute approximate surface area is 227 Å². The van der Waals surface area contributed by atoms with Crippen molar-refractivity contribution in [3.63, 3.8) is 0 Å². The largest absolute Gasteiger partial charge is 0.507 e. The molecule has 7 nitrogen and oxygen atoms in total. The second-order valence-electron chi connectivity index (χ2n) is 9.93. The molecule has 4 rings (SSSR count). The molecule has 3 aromatic rings. The molecule has 1 fully saturated rings. The Bertz CT molecular complexity index is 1420. The summed E-state index contributed by atoms with van der Waals surface area (Å²) in [6, 6.07) is 16.6. The lowest BCUT2D eigenvalue weighted by atomic mass is 9.85. The van der Waals surface area contributed by atoms with Crippen LogP contribution in [0, 0.1) is 0 Å². The SMILES string of the molecule is COc1cccc(N2C(=O)C(=O)/C(=C(/O)c3cc(Cl)c(OC)cc3OC)C2c2ccc(C(C)(C)C)cc2)c1. The van der Waals surface area contributed by atoms with E-state index in [2.05, 4.69) is 20.8 Å². The number of hydrogen-bond acceptors (Lipinski definition) is 6. The van der Waals surface area contributed by atoms with Crippen molar-refractivity contribution < 1.29 is 28.9 Å². The molecule has 0 saturated carbocycles. The van der Waals surface area contributed by atoms with Gasteiger partial charge in [0.1, 0.15) is 23.0 Å². The first-order valence-electron chi connectivity index (χ1n) is 12.0. The van der Waals surface area contributed by atoms with E-state index in [1.54, 1.807) is 24.3 Å². The molecular formula is C30H30ClNO6. The molecule has 1 atom stereocenters. The van der Waals surface area contributed by atoms with Gasteiger partial charge in [-0.1, -0.05) is 62.7 Å². The van der Waals surface area contributed by atoms with Crippen molar-refractivity contribution in [1.82, 2.24) is 0 Å². The summed E-state index contributed by atoms with van der Waals surface area (Å²) in [7, 11) is 4.41. The van der Waals surface area contributed by atoms with E-state index in [4.69, 9.17) is 25.8 Å². The zero-order valence-electron chi connectivity index (χ0n) is 22.2. The summed E-state index contributed by atoms with van der Waals surface area (Å²) in [5.74, 6) is -0.910. The van der Waals surface area contributed by atoms with Crippen LogP contribution in [0.3, 0.4) is 0 Å². The molecule has 1 unspecified atom stereocenters. The average Bonchev–Trinajstić information content (AvgIpc) is 3.17. The first-order chi connectivity index (χ1) is 18.0. The Kier molecular flexibility index (Phi) is 7.42. The van der Waals surface area contributed by atoms with E-state index in [-0.39, 0.29) is 27.3 Å². The highest BCUT2D eigenvalue weighted by atomic mass is 35.5. The van der Waals surface area contributed by atoms with E-state index in [1.807, 2.05) is 24.3 Å². The summed E-state index contributed by atoms with van der Waals surface area (Å²) < 4.78 is 16.1. The van der Waals surface area contributed by atoms with Crippen LogP contribution in [0.1, 0.15) is 43.5 Å². The quantitative estimate of drug-likeness (QED) is 0.227. The molecule has 8 heteroatoms. The highest BCUT2D eigenvalue weighted by Gasteiger charge is 2.47. The lowest BCUT2D eigenvalue weighted by molar-refractivity contribution is -0.132. The van der Waals surface area contributed by atoms with Gasteiger partial charge in [0.05, 0.1) is 43.5 Å². The summed E-state index contributed by atoms with van der Waals surface area (Å²) in [6.45, 7) is 6.30. The molecule has 198 valence electrons. The molecule has 0 radical (unpaired) electrons. The Hall–Kier alpha value is -3.97. The molecule has 1 N–H and O–H groups in total. The average molecular weight is 536 g/mol. The number of carbonyl (C=O) groups excluding carboxylic acids is 2. The third kappa shape index (κ3) is 4.82. The molecule has 0 aliphatic carbocycles. The topological polar surface area (TPSA) is 85.3 Å². The number of methoxy groups -OCH3 is 3. The summed E-state index contributed by atoms with van der Waals surface area (Å²) in [4.78, 5) is 28.4. The fourth-order valence-electron chi connectivity index (χ4n) is 4.53. The number of Topliss-reactive ketones (excluding diaryl/α,β-unsaturated/α-hetero) is 1. The number of aliphatic hydroxyl groups excluding tert-OH is 1. The van der Waals surface area contributed by atoms with E-state index in [0.29, 0.717) is 22.7 Å². The van der Waals surface area contributed by atoms with Crippen molar-refractivity contribution in [2.45, 2.75) is 32.2 Å². The van der Waals surface area contributed by atoms with Gasteiger partial charge < -0.3 is 19.3 Å². The number of benzene rings is 3. The molecule has 3 aromatic carbocycles. The smallest absolute Gasteiger partial charge is 0.300 e. The van der Waals surface area contributed by atoms with Crippen LogP contribution >= 0.6 is 11.6 Å². The van der Waals surface area contributed by atoms with Gasteiger partial charge >= 0.3 is 0 Å². The van der Waals surface area contributed by atoms with Gasteiger partial charge in [0, 0.05) is 17.8 Å². The fourth-order valence-corrected chi connectivity index (χ4v) is 4.77. The first-order valence-corrected chi connectivity index (χ1v) is 12.4. The van der Waals surface area contributed by atoms with Gasteiger partial charge in [0.15, 0.2) is 0 Å². The fraction of sp³-hybridized carbons (Fsp3) is 0.267. The molecule has 38 heavy (non-hydrogen) atoms. The minimum absolute atomic E-state index is 0.0825. The first kappa shape index (κ1) is 27.1. The predicted molar refractivity (Wildman–Crippen MR) is 147 cm³/mol. The zero-order valence-corrected chi connectivity index (χ0v) is 22.9. The number of rotatable bonds is 6. The van der Waals surface area contributed by atoms with E-state index < -0.39 is 23.5 Å². The van der Waals surface area contributed by atoms with Crippen LogP contribution in [0.25, 0.3) is 5.76 Å². The van der Waals surface area contributed by atoms with Crippen LogP contribution < -0.4 is 19.1 Å². The van der Waals surface area contributed by atoms with Gasteiger partial charge in [-0.3, -0.25) is 14.5 Å². The van der Waals surface area contributed by atoms with Gasteiger partial charge in [-0.15, -0.1) is 0 Å². The van der Waals surface area contributed by atoms with Gasteiger partial charge in [-0.25, -0.2) is 0 Å². The zero-order chi connectivity index (χ0) is 27.8. The lowest BCUT2D eigenvalue weighted by Crippen LogP contribution is -2.29. The van der Waals surface area contributed by atoms with Crippen molar-refractivity contribution >= 4 is 34.7 Å². The number of anilines is 1. The Morgan fingerprint density at radius 3 is 2.13 bits per heavy atom. The van der Waals surface area contributed by atoms with Gasteiger partial charge in [-0.05, 0) is 34.7 Å². The molecule has 1 aliphatic rings. The number of amides is 1. The van der Waals surface area contributed by atoms with Crippen LogP contribution in [0.15, 0.2) is 66.2 Å². The van der Waals surface area contributed by atoms with E-state index >= 15 is 0 Å². The number of ether oxygens (including phenoxy) is 3. The highest BCUT2D eigenvalue weighted by Crippen LogP contribution is 2.45. The van der Waals surface area contributed by atoms with Crippen molar-refractivity contribution in [3.05, 3.63) is 87.9 Å². The third-order valence-corrected chi connectivity index (χ3v) is 6.89. The van der Waals surface area contributed by atoms with Gasteiger partial charge in [0.25, 0.3) is 11.7 Å². The van der Waals surface area contributed by atoms with E-state index in [9.17, 15) is 14.7 Å². The second kappa shape index (κ2) is 10.4. The molecule has 0 spiro atoms. The summed E-state index contributed by atoms with van der Waals surface area (Å²) in [5, 5.41) is 11.8. The standard InChI is InChI=1S/C30H30ClNO6/c1-30(2,3)18-12-10-17(11-13-18)26-25(27(33)21-15-22(31)24(38-6)16-23(21)37-5)28(34)29(35)32(26)19-8-7-9-20(14-19)36-4/h7-16,26,33H,1-6H3/b27-25+. The molecule has 0 aromatic heterocycles. The van der Waals surface area contributed by atoms with Crippen molar-refractivity contribution in [2.24, 2.45) is 0 Å². The van der Waals surface area contributed by atoms with Crippen LogP contribution in [0.5, 0.6) is 17.2 Å². The molecule has 0 bridgehead atoms. The normalized spacial score (nSPS) is 17.0. The monoisotopic (exact) mass is 535 g/mol. The van der Waals surface area contributed by atoms with Crippen LogP contribution in [0.4, 0.5) is 5.69 Å². The van der Waals surface area contributed by atoms with Crippen LogP contribution in [0.2, 0.25) is 5.02 Å². The van der Waals surface area contributed by atoms with E-state index in [0.717, 1.165) is 5.56 Å². The third-order valence-electron chi connectivity index (χ3n) is 6.60. The van der Waals surface area contributed by atoms with Crippen LogP contribution in [-0.2, 0) is 15.0 Å².